The third-order valence-electron chi connectivity index (χ3n) is 6.27. The number of imidazole rings is 1. The lowest BCUT2D eigenvalue weighted by atomic mass is 10.0. The maximum Gasteiger partial charge on any atom is 0.330 e. The van der Waals surface area contributed by atoms with Crippen molar-refractivity contribution in [3.63, 3.8) is 0 Å². The Morgan fingerprint density at radius 1 is 1.18 bits per heavy atom. The van der Waals surface area contributed by atoms with E-state index in [2.05, 4.69) is 15.2 Å². The molecule has 9 heteroatoms. The topological polar surface area (TPSA) is 101 Å². The van der Waals surface area contributed by atoms with E-state index in [1.165, 1.54) is 0 Å². The van der Waals surface area contributed by atoms with E-state index in [4.69, 9.17) is 9.47 Å². The Kier molecular flexibility index (Phi) is 5.74. The van der Waals surface area contributed by atoms with E-state index >= 15 is 0 Å². The smallest absolute Gasteiger partial charge is 0.330 e. The van der Waals surface area contributed by atoms with Gasteiger partial charge < -0.3 is 14.3 Å². The van der Waals surface area contributed by atoms with Crippen LogP contribution in [0.15, 0.2) is 41.3 Å². The number of fused-ring (bicyclic) bond motifs is 3. The van der Waals surface area contributed by atoms with E-state index < -0.39 is 0 Å². The maximum absolute atomic E-state index is 13.1. The summed E-state index contributed by atoms with van der Waals surface area (Å²) in [4.78, 5) is 28.2. The Balaban J connectivity index is 1.61. The second-order valence-electron chi connectivity index (χ2n) is 8.27. The molecule has 0 N–H and O–H groups in total. The molecule has 9 nitrogen and oxygen atoms in total. The molecule has 1 aliphatic heterocycles. The predicted molar refractivity (Wildman–Crippen MR) is 123 cm³/mol. The highest BCUT2D eigenvalue weighted by Crippen LogP contribution is 2.31. The zero-order valence-corrected chi connectivity index (χ0v) is 18.6. The van der Waals surface area contributed by atoms with Crippen LogP contribution in [0.2, 0.25) is 0 Å². The molecule has 5 rings (SSSR count). The van der Waals surface area contributed by atoms with Gasteiger partial charge in [-0.3, -0.25) is 14.1 Å². The van der Waals surface area contributed by atoms with Crippen LogP contribution in [0.5, 0.6) is 0 Å². The molecule has 0 spiro atoms. The molecule has 4 heterocycles. The van der Waals surface area contributed by atoms with Crippen LogP contribution in [-0.2, 0) is 21.3 Å². The van der Waals surface area contributed by atoms with Gasteiger partial charge in [-0.1, -0.05) is 12.1 Å². The summed E-state index contributed by atoms with van der Waals surface area (Å²) in [5, 5.41) is 9.60. The van der Waals surface area contributed by atoms with Gasteiger partial charge in [-0.25, -0.2) is 4.79 Å². The zero-order valence-electron chi connectivity index (χ0n) is 18.6. The SMILES string of the molecule is C[C@@H](OCC=O)c1ccc(-c2ccc3nnc4c(c3c2)n(C2CCOCC2)c(=O)n4C)cn1. The van der Waals surface area contributed by atoms with Gasteiger partial charge in [-0.2, -0.15) is 0 Å². The number of aryl methyl sites for hydroxylation is 1. The first-order valence-electron chi connectivity index (χ1n) is 11.0. The molecule has 1 aromatic carbocycles. The van der Waals surface area contributed by atoms with Gasteiger partial charge in [0.05, 0.1) is 17.3 Å². The first-order chi connectivity index (χ1) is 16.1. The number of ether oxygens (including phenoxy) is 2. The van der Waals surface area contributed by atoms with Crippen LogP contribution in [0.1, 0.15) is 37.6 Å². The van der Waals surface area contributed by atoms with Crippen molar-refractivity contribution < 1.29 is 14.3 Å². The Labute approximate surface area is 190 Å². The molecule has 0 radical (unpaired) electrons. The fourth-order valence-electron chi connectivity index (χ4n) is 4.44. The molecule has 1 saturated heterocycles. The Bertz CT molecular complexity index is 1370. The Morgan fingerprint density at radius 3 is 2.70 bits per heavy atom. The minimum absolute atomic E-state index is 0.0399. The van der Waals surface area contributed by atoms with Gasteiger partial charge in [-0.15, -0.1) is 10.2 Å². The molecule has 3 aromatic heterocycles. The van der Waals surface area contributed by atoms with Gasteiger partial charge in [0.15, 0.2) is 5.65 Å². The molecule has 170 valence electrons. The standard InChI is InChI=1S/C24H25N5O4/c1-15(33-12-9-30)20-5-4-17(14-25-20)16-3-6-21-19(13-16)22-23(27-26-21)28(2)24(31)29(22)18-7-10-32-11-8-18/h3-6,9,13-15,18H,7-8,10-12H2,1-2H3/t15-/m1/s1. The van der Waals surface area contributed by atoms with E-state index in [0.717, 1.165) is 52.4 Å². The summed E-state index contributed by atoms with van der Waals surface area (Å²) in [5.74, 6) is 0. The highest BCUT2D eigenvalue weighted by atomic mass is 16.5. The van der Waals surface area contributed by atoms with Gasteiger partial charge in [0.25, 0.3) is 0 Å². The summed E-state index contributed by atoms with van der Waals surface area (Å²) in [5.41, 5.74) is 4.69. The van der Waals surface area contributed by atoms with Crippen LogP contribution in [0.4, 0.5) is 0 Å². The summed E-state index contributed by atoms with van der Waals surface area (Å²) in [6, 6.07) is 9.89. The van der Waals surface area contributed by atoms with Gasteiger partial charge in [0.1, 0.15) is 18.4 Å². The number of benzene rings is 1. The number of hydrogen-bond acceptors (Lipinski definition) is 7. The van der Waals surface area contributed by atoms with Gasteiger partial charge in [0.2, 0.25) is 0 Å². The molecule has 0 unspecified atom stereocenters. The first kappa shape index (κ1) is 21.4. The van der Waals surface area contributed by atoms with E-state index in [1.807, 2.05) is 41.8 Å². The summed E-state index contributed by atoms with van der Waals surface area (Å²) in [7, 11) is 1.74. The molecule has 1 aliphatic rings. The average molecular weight is 447 g/mol. The lowest BCUT2D eigenvalue weighted by Crippen LogP contribution is -2.29. The largest absolute Gasteiger partial charge is 0.381 e. The first-order valence-corrected chi connectivity index (χ1v) is 11.0. The van der Waals surface area contributed by atoms with Crippen LogP contribution in [-0.4, -0.2) is 50.4 Å². The minimum atomic E-state index is -0.269. The zero-order chi connectivity index (χ0) is 22.9. The second-order valence-corrected chi connectivity index (χ2v) is 8.27. The fraction of sp³-hybridized carbons (Fsp3) is 0.375. The van der Waals surface area contributed by atoms with Crippen molar-refractivity contribution in [3.8, 4) is 11.1 Å². The highest BCUT2D eigenvalue weighted by molar-refractivity contribution is 6.02. The van der Waals surface area contributed by atoms with Crippen LogP contribution in [0.3, 0.4) is 0 Å². The van der Waals surface area contributed by atoms with Crippen molar-refractivity contribution in [1.82, 2.24) is 24.3 Å². The van der Waals surface area contributed by atoms with Crippen molar-refractivity contribution in [2.45, 2.75) is 31.9 Å². The molecule has 0 saturated carbocycles. The number of carbonyl (C=O) groups is 1. The summed E-state index contributed by atoms with van der Waals surface area (Å²) >= 11 is 0. The van der Waals surface area contributed by atoms with Crippen molar-refractivity contribution in [2.24, 2.45) is 7.05 Å². The van der Waals surface area contributed by atoms with Crippen molar-refractivity contribution >= 4 is 28.4 Å². The monoisotopic (exact) mass is 447 g/mol. The molecule has 0 amide bonds. The van der Waals surface area contributed by atoms with Gasteiger partial charge >= 0.3 is 5.69 Å². The number of carbonyl (C=O) groups excluding carboxylic acids is 1. The number of nitrogens with zero attached hydrogens (tertiary/aromatic N) is 5. The van der Waals surface area contributed by atoms with E-state index in [-0.39, 0.29) is 24.4 Å². The third-order valence-corrected chi connectivity index (χ3v) is 6.27. The van der Waals surface area contributed by atoms with E-state index in [0.29, 0.717) is 18.9 Å². The predicted octanol–water partition coefficient (Wildman–Crippen LogP) is 2.97. The summed E-state index contributed by atoms with van der Waals surface area (Å²) in [6.07, 6.45) is 3.83. The number of hydrogen-bond donors (Lipinski definition) is 0. The maximum atomic E-state index is 13.1. The molecule has 33 heavy (non-hydrogen) atoms. The third kappa shape index (κ3) is 3.83. The molecular formula is C24H25N5O4. The molecule has 1 atom stereocenters. The quantitative estimate of drug-likeness (QED) is 0.419. The summed E-state index contributed by atoms with van der Waals surface area (Å²) in [6.45, 7) is 3.19. The average Bonchev–Trinajstić information content (AvgIpc) is 3.13. The molecule has 4 aromatic rings. The number of rotatable bonds is 6. The van der Waals surface area contributed by atoms with E-state index in [9.17, 15) is 9.59 Å². The molecule has 0 bridgehead atoms. The van der Waals surface area contributed by atoms with Crippen LogP contribution < -0.4 is 5.69 Å². The summed E-state index contributed by atoms with van der Waals surface area (Å²) < 4.78 is 14.4. The minimum Gasteiger partial charge on any atom is -0.381 e. The Morgan fingerprint density at radius 2 is 1.97 bits per heavy atom. The van der Waals surface area contributed by atoms with Crippen LogP contribution in [0.25, 0.3) is 33.2 Å². The number of aldehydes is 1. The second kappa shape index (κ2) is 8.84. The lowest BCUT2D eigenvalue weighted by molar-refractivity contribution is -0.113. The number of pyridine rings is 1. The van der Waals surface area contributed by atoms with Crippen molar-refractivity contribution in [1.29, 1.82) is 0 Å². The Hall–Kier alpha value is -3.43. The number of aromatic nitrogens is 5. The van der Waals surface area contributed by atoms with Crippen LogP contribution >= 0.6 is 0 Å². The van der Waals surface area contributed by atoms with Crippen molar-refractivity contribution in [2.75, 3.05) is 19.8 Å². The van der Waals surface area contributed by atoms with Gasteiger partial charge in [0, 0.05) is 43.4 Å². The van der Waals surface area contributed by atoms with E-state index in [1.54, 1.807) is 17.8 Å². The normalized spacial score (nSPS) is 15.8. The highest BCUT2D eigenvalue weighted by Gasteiger charge is 2.24. The molecular weight excluding hydrogens is 422 g/mol. The fourth-order valence-corrected chi connectivity index (χ4v) is 4.44. The molecule has 0 aliphatic carbocycles. The van der Waals surface area contributed by atoms with Crippen molar-refractivity contribution in [3.05, 3.63) is 52.7 Å². The molecule has 1 fully saturated rings. The lowest BCUT2D eigenvalue weighted by Gasteiger charge is -2.23. The van der Waals surface area contributed by atoms with Gasteiger partial charge in [-0.05, 0) is 43.5 Å². The van der Waals surface area contributed by atoms with Crippen LogP contribution in [0, 0.1) is 0 Å².